The molecule has 0 radical (unpaired) electrons. The molecule has 3 heteroatoms. The van der Waals surface area contributed by atoms with Crippen molar-refractivity contribution in [2.45, 2.75) is 37.5 Å². The molecule has 2 aromatic rings. The molecule has 0 N–H and O–H groups in total. The van der Waals surface area contributed by atoms with Crippen LogP contribution in [-0.2, 0) is 10.2 Å². The summed E-state index contributed by atoms with van der Waals surface area (Å²) in [4.78, 5) is 11.7. The zero-order valence-corrected chi connectivity index (χ0v) is 13.1. The van der Waals surface area contributed by atoms with Gasteiger partial charge < -0.3 is 4.79 Å². The normalized spacial score (nSPS) is 17.2. The lowest BCUT2D eigenvalue weighted by Crippen LogP contribution is -2.30. The second-order valence-electron chi connectivity index (χ2n) is 6.04. The predicted octanol–water partition coefficient (Wildman–Crippen LogP) is 5.55. The molecule has 0 amide bonds. The predicted molar refractivity (Wildman–Crippen MR) is 87.7 cm³/mol. The zero-order valence-electron chi connectivity index (χ0n) is 12.3. The first-order chi connectivity index (χ1) is 10.6. The summed E-state index contributed by atoms with van der Waals surface area (Å²) in [6.45, 7) is 0. The molecule has 0 saturated heterocycles. The Morgan fingerprint density at radius 1 is 0.955 bits per heavy atom. The molecule has 114 valence electrons. The highest BCUT2D eigenvalue weighted by molar-refractivity contribution is 6.30. The lowest BCUT2D eigenvalue weighted by atomic mass is 9.70. The number of benzene rings is 2. The second-order valence-corrected chi connectivity index (χ2v) is 6.45. The molecule has 1 nitrogen and oxygen atoms in total. The molecule has 1 aliphatic rings. The van der Waals surface area contributed by atoms with E-state index in [4.69, 9.17) is 11.6 Å². The van der Waals surface area contributed by atoms with E-state index in [1.807, 2.05) is 24.3 Å². The van der Waals surface area contributed by atoms with Crippen molar-refractivity contribution >= 4 is 17.9 Å². The van der Waals surface area contributed by atoms with Gasteiger partial charge in [0, 0.05) is 0 Å². The highest BCUT2D eigenvalue weighted by Crippen LogP contribution is 2.38. The summed E-state index contributed by atoms with van der Waals surface area (Å²) in [5, 5.41) is 0.127. The van der Waals surface area contributed by atoms with Crippen LogP contribution in [0.15, 0.2) is 42.5 Å². The molecule has 1 saturated carbocycles. The Morgan fingerprint density at radius 3 is 2.18 bits per heavy atom. The molecule has 0 bridgehead atoms. The summed E-state index contributed by atoms with van der Waals surface area (Å²) in [5.41, 5.74) is 2.45. The third-order valence-corrected chi connectivity index (χ3v) is 4.99. The average Bonchev–Trinajstić information content (AvgIpc) is 2.58. The number of aldehydes is 1. The summed E-state index contributed by atoms with van der Waals surface area (Å²) in [6, 6.07) is 12.7. The van der Waals surface area contributed by atoms with E-state index >= 15 is 0 Å². The van der Waals surface area contributed by atoms with Crippen LogP contribution >= 0.6 is 11.6 Å². The molecule has 0 heterocycles. The van der Waals surface area contributed by atoms with Gasteiger partial charge in [-0.05, 0) is 41.7 Å². The van der Waals surface area contributed by atoms with Gasteiger partial charge >= 0.3 is 0 Å². The van der Waals surface area contributed by atoms with E-state index in [1.165, 1.54) is 12.5 Å². The molecule has 0 atom stereocenters. The first-order valence-electron chi connectivity index (χ1n) is 7.67. The molecule has 1 aliphatic carbocycles. The molecule has 22 heavy (non-hydrogen) atoms. The van der Waals surface area contributed by atoms with E-state index in [0.29, 0.717) is 0 Å². The minimum absolute atomic E-state index is 0.127. The number of hydrogen-bond acceptors (Lipinski definition) is 1. The van der Waals surface area contributed by atoms with E-state index in [0.717, 1.165) is 48.7 Å². The van der Waals surface area contributed by atoms with Crippen LogP contribution < -0.4 is 0 Å². The second kappa shape index (κ2) is 6.21. The van der Waals surface area contributed by atoms with E-state index in [1.54, 1.807) is 12.1 Å². The summed E-state index contributed by atoms with van der Waals surface area (Å²) in [6.07, 6.45) is 6.36. The van der Waals surface area contributed by atoms with Gasteiger partial charge in [-0.1, -0.05) is 61.2 Å². The number of halogens is 2. The quantitative estimate of drug-likeness (QED) is 0.679. The van der Waals surface area contributed by atoms with Crippen LogP contribution in [0.1, 0.15) is 37.7 Å². The monoisotopic (exact) mass is 316 g/mol. The third kappa shape index (κ3) is 2.80. The van der Waals surface area contributed by atoms with Gasteiger partial charge in [0.05, 0.1) is 10.4 Å². The van der Waals surface area contributed by atoms with Gasteiger partial charge in [-0.15, -0.1) is 0 Å². The van der Waals surface area contributed by atoms with Crippen molar-refractivity contribution in [2.75, 3.05) is 0 Å². The van der Waals surface area contributed by atoms with Crippen LogP contribution in [0.5, 0.6) is 0 Å². The number of carbonyl (C=O) groups excluding carboxylic acids is 1. The SMILES string of the molecule is O=CC1(c2ccc(-c3ccc(Cl)c(F)c3)cc2)CCCCC1. The number of carbonyl (C=O) groups is 1. The molecular formula is C19H18ClFO. The third-order valence-electron chi connectivity index (χ3n) is 4.68. The topological polar surface area (TPSA) is 17.1 Å². The van der Waals surface area contributed by atoms with Crippen molar-refractivity contribution < 1.29 is 9.18 Å². The van der Waals surface area contributed by atoms with Gasteiger partial charge in [-0.3, -0.25) is 0 Å². The fraction of sp³-hybridized carbons (Fsp3) is 0.316. The Morgan fingerprint density at radius 2 is 1.59 bits per heavy atom. The molecule has 0 spiro atoms. The maximum atomic E-state index is 13.6. The van der Waals surface area contributed by atoms with Crippen molar-refractivity contribution in [2.24, 2.45) is 0 Å². The van der Waals surface area contributed by atoms with Gasteiger partial charge in [0.15, 0.2) is 0 Å². The standard InChI is InChI=1S/C19H18ClFO/c20-17-9-6-15(12-18(17)21)14-4-7-16(8-5-14)19(13-22)10-2-1-3-11-19/h4-9,12-13H,1-3,10-11H2. The van der Waals surface area contributed by atoms with Crippen LogP contribution in [-0.4, -0.2) is 6.29 Å². The van der Waals surface area contributed by atoms with E-state index < -0.39 is 5.82 Å². The molecule has 0 aliphatic heterocycles. The van der Waals surface area contributed by atoms with E-state index in [9.17, 15) is 9.18 Å². The molecule has 1 fully saturated rings. The largest absolute Gasteiger partial charge is 0.302 e. The van der Waals surface area contributed by atoms with E-state index in [2.05, 4.69) is 0 Å². The van der Waals surface area contributed by atoms with Crippen molar-refractivity contribution in [1.29, 1.82) is 0 Å². The van der Waals surface area contributed by atoms with Gasteiger partial charge in [0.2, 0.25) is 0 Å². The summed E-state index contributed by atoms with van der Waals surface area (Å²) >= 11 is 5.72. The lowest BCUT2D eigenvalue weighted by molar-refractivity contribution is -0.113. The molecule has 0 unspecified atom stereocenters. The van der Waals surface area contributed by atoms with Gasteiger partial charge in [0.25, 0.3) is 0 Å². The Labute approximate surface area is 135 Å². The average molecular weight is 317 g/mol. The maximum Gasteiger partial charge on any atom is 0.142 e. The van der Waals surface area contributed by atoms with Crippen molar-refractivity contribution in [3.8, 4) is 11.1 Å². The van der Waals surface area contributed by atoms with Crippen molar-refractivity contribution in [1.82, 2.24) is 0 Å². The fourth-order valence-electron chi connectivity index (χ4n) is 3.33. The van der Waals surface area contributed by atoms with Gasteiger partial charge in [-0.2, -0.15) is 0 Å². The highest BCUT2D eigenvalue weighted by Gasteiger charge is 2.33. The lowest BCUT2D eigenvalue weighted by Gasteiger charge is -2.32. The minimum Gasteiger partial charge on any atom is -0.302 e. The Bertz CT molecular complexity index is 672. The van der Waals surface area contributed by atoms with Crippen molar-refractivity contribution in [3.63, 3.8) is 0 Å². The molecule has 2 aromatic carbocycles. The first-order valence-corrected chi connectivity index (χ1v) is 8.05. The minimum atomic E-state index is -0.417. The highest BCUT2D eigenvalue weighted by atomic mass is 35.5. The smallest absolute Gasteiger partial charge is 0.142 e. The Hall–Kier alpha value is -1.67. The number of rotatable bonds is 3. The summed E-state index contributed by atoms with van der Waals surface area (Å²) in [5.74, 6) is -0.417. The van der Waals surface area contributed by atoms with Crippen LogP contribution in [0.25, 0.3) is 11.1 Å². The molecule has 0 aromatic heterocycles. The molecule has 3 rings (SSSR count). The zero-order chi connectivity index (χ0) is 15.6. The van der Waals surface area contributed by atoms with Crippen LogP contribution in [0.4, 0.5) is 4.39 Å². The number of hydrogen-bond donors (Lipinski definition) is 0. The summed E-state index contributed by atoms with van der Waals surface area (Å²) < 4.78 is 13.6. The fourth-order valence-corrected chi connectivity index (χ4v) is 3.45. The Kier molecular flexibility index (Phi) is 4.30. The first kappa shape index (κ1) is 15.2. The maximum absolute atomic E-state index is 13.6. The van der Waals surface area contributed by atoms with Crippen LogP contribution in [0, 0.1) is 5.82 Å². The Balaban J connectivity index is 1.91. The molecular weight excluding hydrogens is 299 g/mol. The van der Waals surface area contributed by atoms with Gasteiger partial charge in [-0.25, -0.2) is 4.39 Å². The van der Waals surface area contributed by atoms with Crippen LogP contribution in [0.3, 0.4) is 0 Å². The summed E-state index contributed by atoms with van der Waals surface area (Å²) in [7, 11) is 0. The van der Waals surface area contributed by atoms with E-state index in [-0.39, 0.29) is 10.4 Å². The van der Waals surface area contributed by atoms with Crippen molar-refractivity contribution in [3.05, 3.63) is 58.9 Å². The van der Waals surface area contributed by atoms with Gasteiger partial charge in [0.1, 0.15) is 12.1 Å². The van der Waals surface area contributed by atoms with Crippen LogP contribution in [0.2, 0.25) is 5.02 Å².